The highest BCUT2D eigenvalue weighted by Crippen LogP contribution is 2.17. The molecule has 0 saturated carbocycles. The molecule has 36 heavy (non-hydrogen) atoms. The van der Waals surface area contributed by atoms with Crippen molar-refractivity contribution in [3.8, 4) is 11.5 Å². The number of urea groups is 1. The molecule has 0 aliphatic carbocycles. The van der Waals surface area contributed by atoms with Gasteiger partial charge in [0.1, 0.15) is 24.1 Å². The van der Waals surface area contributed by atoms with Gasteiger partial charge in [0.2, 0.25) is 5.89 Å². The van der Waals surface area contributed by atoms with Gasteiger partial charge in [0, 0.05) is 13.0 Å². The molecule has 1 heterocycles. The summed E-state index contributed by atoms with van der Waals surface area (Å²) in [5.74, 6) is -0.477. The van der Waals surface area contributed by atoms with E-state index in [2.05, 4.69) is 15.5 Å². The highest BCUT2D eigenvalue weighted by molar-refractivity contribution is 5.82. The minimum Gasteiger partial charge on any atom is -0.508 e. The number of carbonyl (C=O) groups excluding carboxylic acids is 1. The number of aromatic hydroxyl groups is 2. The molecule has 11 heteroatoms. The lowest BCUT2D eigenvalue weighted by molar-refractivity contribution is -0.139. The summed E-state index contributed by atoms with van der Waals surface area (Å²) < 4.78 is 5.32. The number of unbranched alkanes of at least 4 members (excludes halogenated alkanes) is 1. The van der Waals surface area contributed by atoms with Gasteiger partial charge in [-0.15, -0.1) is 0 Å². The van der Waals surface area contributed by atoms with Crippen LogP contribution in [0.1, 0.15) is 48.6 Å². The number of benzene rings is 2. The van der Waals surface area contributed by atoms with Crippen LogP contribution in [-0.4, -0.2) is 54.9 Å². The molecule has 0 bridgehead atoms. The first-order valence-corrected chi connectivity index (χ1v) is 11.7. The van der Waals surface area contributed by atoms with Crippen LogP contribution in [0.2, 0.25) is 0 Å². The predicted octanol–water partition coefficient (Wildman–Crippen LogP) is 2.73. The Morgan fingerprint density at radius 3 is 2.17 bits per heavy atom. The van der Waals surface area contributed by atoms with E-state index >= 15 is 0 Å². The normalized spacial score (nSPS) is 12.6. The molecule has 3 rings (SSSR count). The number of nitrogens with zero attached hydrogens (tertiary/aromatic N) is 3. The molecule has 0 aliphatic heterocycles. The van der Waals surface area contributed by atoms with Crippen molar-refractivity contribution in [2.45, 2.75) is 51.2 Å². The minimum absolute atomic E-state index is 0.00366. The quantitative estimate of drug-likeness (QED) is 0.252. The van der Waals surface area contributed by atoms with Crippen LogP contribution < -0.4 is 11.1 Å². The van der Waals surface area contributed by atoms with Gasteiger partial charge in [-0.2, -0.15) is 4.98 Å². The van der Waals surface area contributed by atoms with Crippen molar-refractivity contribution in [1.29, 1.82) is 0 Å². The Kier molecular flexibility index (Phi) is 9.23. The second-order valence-electron chi connectivity index (χ2n) is 8.51. The van der Waals surface area contributed by atoms with Crippen LogP contribution in [0.4, 0.5) is 4.79 Å². The Balaban J connectivity index is 1.65. The summed E-state index contributed by atoms with van der Waals surface area (Å²) >= 11 is 0. The lowest BCUT2D eigenvalue weighted by Crippen LogP contribution is -2.49. The maximum atomic E-state index is 13.0. The third-order valence-corrected chi connectivity index (χ3v) is 5.57. The SMILES string of the molecule is CCCCN(Cc1nc([C@@H](N)Cc2ccc(O)cc2)no1)C(=O)N[C@@H](Cc1ccc(O)cc1)C(=O)O. The standard InChI is InChI=1S/C25H31N5O6/c1-2-3-12-30(25(35)27-21(24(33)34)14-17-6-10-19(32)11-7-17)15-22-28-23(29-36-22)20(26)13-16-4-8-18(31)9-5-16/h4-11,20-21,31-32H,2-3,12-15,26H2,1H3,(H,27,35)(H,33,34)/t20-,21-/m0/s1. The Morgan fingerprint density at radius 1 is 1.03 bits per heavy atom. The summed E-state index contributed by atoms with van der Waals surface area (Å²) in [6.07, 6.45) is 2.01. The van der Waals surface area contributed by atoms with Gasteiger partial charge in [0.25, 0.3) is 0 Å². The van der Waals surface area contributed by atoms with E-state index in [1.54, 1.807) is 36.4 Å². The van der Waals surface area contributed by atoms with Gasteiger partial charge in [-0.25, -0.2) is 9.59 Å². The molecule has 0 unspecified atom stereocenters. The minimum atomic E-state index is -1.17. The number of carboxylic acids is 1. The molecule has 192 valence electrons. The van der Waals surface area contributed by atoms with E-state index in [-0.39, 0.29) is 36.2 Å². The van der Waals surface area contributed by atoms with Crippen molar-refractivity contribution in [2.75, 3.05) is 6.54 Å². The van der Waals surface area contributed by atoms with E-state index in [1.807, 2.05) is 6.92 Å². The molecule has 2 amide bonds. The Morgan fingerprint density at radius 2 is 1.61 bits per heavy atom. The van der Waals surface area contributed by atoms with Crippen LogP contribution in [0.15, 0.2) is 53.1 Å². The zero-order valence-corrected chi connectivity index (χ0v) is 20.0. The Hall–Kier alpha value is -4.12. The molecule has 11 nitrogen and oxygen atoms in total. The largest absolute Gasteiger partial charge is 0.508 e. The number of nitrogens with two attached hydrogens (primary N) is 1. The summed E-state index contributed by atoms with van der Waals surface area (Å²) in [7, 11) is 0. The van der Waals surface area contributed by atoms with Crippen molar-refractivity contribution >= 4 is 12.0 Å². The highest BCUT2D eigenvalue weighted by Gasteiger charge is 2.25. The third kappa shape index (κ3) is 7.70. The number of amides is 2. The van der Waals surface area contributed by atoms with Gasteiger partial charge in [-0.3, -0.25) is 0 Å². The summed E-state index contributed by atoms with van der Waals surface area (Å²) in [5, 5.41) is 35.0. The van der Waals surface area contributed by atoms with Gasteiger partial charge in [-0.05, 0) is 48.2 Å². The molecule has 0 spiro atoms. The van der Waals surface area contributed by atoms with Crippen LogP contribution in [0.5, 0.6) is 11.5 Å². The second-order valence-corrected chi connectivity index (χ2v) is 8.51. The number of carbonyl (C=O) groups is 2. The molecule has 0 fully saturated rings. The molecule has 1 aromatic heterocycles. The van der Waals surface area contributed by atoms with Crippen molar-refractivity contribution in [3.05, 3.63) is 71.4 Å². The van der Waals surface area contributed by atoms with Crippen molar-refractivity contribution < 1.29 is 29.4 Å². The van der Waals surface area contributed by atoms with E-state index in [0.29, 0.717) is 24.9 Å². The van der Waals surface area contributed by atoms with Crippen LogP contribution >= 0.6 is 0 Å². The number of hydrogen-bond acceptors (Lipinski definition) is 8. The number of rotatable bonds is 12. The fourth-order valence-electron chi connectivity index (χ4n) is 3.53. The van der Waals surface area contributed by atoms with Gasteiger partial charge < -0.3 is 35.8 Å². The summed E-state index contributed by atoms with van der Waals surface area (Å²) in [4.78, 5) is 30.6. The molecule has 0 radical (unpaired) electrons. The van der Waals surface area contributed by atoms with Crippen LogP contribution in [0.3, 0.4) is 0 Å². The zero-order chi connectivity index (χ0) is 26.1. The van der Waals surface area contributed by atoms with Crippen LogP contribution in [0, 0.1) is 0 Å². The third-order valence-electron chi connectivity index (χ3n) is 5.57. The summed E-state index contributed by atoms with van der Waals surface area (Å²) in [5.41, 5.74) is 7.76. The highest BCUT2D eigenvalue weighted by atomic mass is 16.5. The van der Waals surface area contributed by atoms with Crippen LogP contribution in [-0.2, 0) is 24.2 Å². The topological polar surface area (TPSA) is 175 Å². The molecular weight excluding hydrogens is 466 g/mol. The van der Waals surface area contributed by atoms with Gasteiger partial charge >= 0.3 is 12.0 Å². The second kappa shape index (κ2) is 12.5. The van der Waals surface area contributed by atoms with E-state index < -0.39 is 24.1 Å². The smallest absolute Gasteiger partial charge is 0.326 e. The lowest BCUT2D eigenvalue weighted by Gasteiger charge is -2.24. The number of carboxylic acid groups (broad SMARTS) is 1. The zero-order valence-electron chi connectivity index (χ0n) is 20.0. The molecule has 2 aromatic carbocycles. The number of nitrogens with one attached hydrogen (secondary N) is 1. The molecule has 2 atom stereocenters. The summed E-state index contributed by atoms with van der Waals surface area (Å²) in [6, 6.07) is 10.5. The van der Waals surface area contributed by atoms with Gasteiger partial charge in [0.15, 0.2) is 5.82 Å². The molecule has 0 saturated heterocycles. The predicted molar refractivity (Wildman–Crippen MR) is 130 cm³/mol. The first kappa shape index (κ1) is 26.5. The lowest BCUT2D eigenvalue weighted by atomic mass is 10.1. The number of phenols is 2. The molecule has 6 N–H and O–H groups in total. The van der Waals surface area contributed by atoms with E-state index in [9.17, 15) is 24.9 Å². The average Bonchev–Trinajstić information content (AvgIpc) is 3.32. The molecule has 3 aromatic rings. The Bertz CT molecular complexity index is 1130. The van der Waals surface area contributed by atoms with Crippen molar-refractivity contribution in [3.63, 3.8) is 0 Å². The van der Waals surface area contributed by atoms with Crippen molar-refractivity contribution in [2.24, 2.45) is 5.73 Å². The van der Waals surface area contributed by atoms with Gasteiger partial charge in [-0.1, -0.05) is 42.8 Å². The maximum Gasteiger partial charge on any atom is 0.326 e. The van der Waals surface area contributed by atoms with E-state index in [4.69, 9.17) is 10.3 Å². The number of aliphatic carboxylic acids is 1. The average molecular weight is 498 g/mol. The van der Waals surface area contributed by atoms with Crippen molar-refractivity contribution in [1.82, 2.24) is 20.4 Å². The number of phenolic OH excluding ortho intramolecular Hbond substituents is 2. The maximum absolute atomic E-state index is 13.0. The number of hydrogen-bond donors (Lipinski definition) is 5. The monoisotopic (exact) mass is 497 g/mol. The number of aromatic nitrogens is 2. The van der Waals surface area contributed by atoms with E-state index in [0.717, 1.165) is 12.0 Å². The summed E-state index contributed by atoms with van der Waals surface area (Å²) in [6.45, 7) is 2.34. The van der Waals surface area contributed by atoms with E-state index in [1.165, 1.54) is 17.0 Å². The molecule has 0 aliphatic rings. The Labute approximate surface area is 208 Å². The first-order chi connectivity index (χ1) is 17.2. The fourth-order valence-corrected chi connectivity index (χ4v) is 3.53. The first-order valence-electron chi connectivity index (χ1n) is 11.7. The molecular formula is C25H31N5O6. The van der Waals surface area contributed by atoms with Gasteiger partial charge in [0.05, 0.1) is 6.04 Å². The van der Waals surface area contributed by atoms with Crippen LogP contribution in [0.25, 0.3) is 0 Å². The fraction of sp³-hybridized carbons (Fsp3) is 0.360.